The van der Waals surface area contributed by atoms with E-state index in [2.05, 4.69) is 17.2 Å². The monoisotopic (exact) mass is 288 g/mol. The fraction of sp³-hybridized carbons (Fsp3) is 0.692. The number of likely N-dealkylation sites (N-methyl/N-ethyl adjacent to an activating group) is 2. The summed E-state index contributed by atoms with van der Waals surface area (Å²) in [6, 6.07) is 0. The molecule has 0 aliphatic rings. The summed E-state index contributed by atoms with van der Waals surface area (Å²) >= 11 is 0. The lowest BCUT2D eigenvalue weighted by Crippen LogP contribution is -2.55. The molecule has 0 aromatic rings. The summed E-state index contributed by atoms with van der Waals surface area (Å²) in [5.74, 6) is -1.09. The molecule has 0 saturated carbocycles. The van der Waals surface area contributed by atoms with E-state index in [1.165, 1.54) is 6.92 Å². The molecule has 2 unspecified atom stereocenters. The Kier molecular flexibility index (Phi) is 8.05. The molecule has 0 bridgehead atoms. The number of aliphatic hydroxyl groups excluding tert-OH is 1. The summed E-state index contributed by atoms with van der Waals surface area (Å²) in [6.45, 7) is 6.48. The molecule has 3 N–H and O–H groups in total. The minimum Gasteiger partial charge on any atom is -0.461 e. The Hall–Kier alpha value is -1.44. The van der Waals surface area contributed by atoms with Crippen molar-refractivity contribution >= 4 is 11.9 Å². The first-order valence-electron chi connectivity index (χ1n) is 6.28. The Morgan fingerprint density at radius 2 is 1.85 bits per heavy atom. The predicted molar refractivity (Wildman–Crippen MR) is 74.1 cm³/mol. The summed E-state index contributed by atoms with van der Waals surface area (Å²) in [7, 11) is 3.36. The lowest BCUT2D eigenvalue weighted by molar-refractivity contribution is -0.156. The lowest BCUT2D eigenvalue weighted by atomic mass is 10.0. The topological polar surface area (TPSA) is 96.9 Å². The first-order valence-corrected chi connectivity index (χ1v) is 6.28. The third-order valence-corrected chi connectivity index (χ3v) is 2.69. The van der Waals surface area contributed by atoms with Crippen LogP contribution in [-0.2, 0) is 19.1 Å². The first-order chi connectivity index (χ1) is 9.26. The highest BCUT2D eigenvalue weighted by Gasteiger charge is 2.32. The zero-order valence-electron chi connectivity index (χ0n) is 12.5. The van der Waals surface area contributed by atoms with E-state index < -0.39 is 23.6 Å². The molecule has 0 rings (SSSR count). The Bertz CT molecular complexity index is 359. The summed E-state index contributed by atoms with van der Waals surface area (Å²) in [4.78, 5) is 23.0. The van der Waals surface area contributed by atoms with Gasteiger partial charge in [0, 0.05) is 12.1 Å². The third kappa shape index (κ3) is 6.14. The number of carbonyl (C=O) groups is 2. The van der Waals surface area contributed by atoms with Crippen molar-refractivity contribution in [2.24, 2.45) is 0 Å². The van der Waals surface area contributed by atoms with E-state index in [0.29, 0.717) is 6.54 Å². The van der Waals surface area contributed by atoms with Crippen LogP contribution in [0.2, 0.25) is 0 Å². The number of hydrogen-bond acceptors (Lipinski definition) is 7. The molecule has 0 saturated heterocycles. The molecular weight excluding hydrogens is 264 g/mol. The van der Waals surface area contributed by atoms with Gasteiger partial charge in [0.25, 0.3) is 0 Å². The zero-order valence-corrected chi connectivity index (χ0v) is 12.5. The van der Waals surface area contributed by atoms with Gasteiger partial charge in [-0.3, -0.25) is 4.79 Å². The van der Waals surface area contributed by atoms with Crippen LogP contribution in [0.5, 0.6) is 0 Å². The Balaban J connectivity index is 4.17. The second-order valence-electron chi connectivity index (χ2n) is 4.74. The molecule has 2 atom stereocenters. The number of ether oxygens (including phenoxy) is 2. The second-order valence-corrected chi connectivity index (χ2v) is 4.74. The minimum atomic E-state index is -1.07. The fourth-order valence-corrected chi connectivity index (χ4v) is 1.29. The molecular formula is C13H24N2O5. The molecule has 0 radical (unpaired) electrons. The van der Waals surface area contributed by atoms with Gasteiger partial charge in [-0.2, -0.15) is 0 Å². The molecule has 0 heterocycles. The Labute approximate surface area is 119 Å². The standard InChI is InChI=1S/C13H24N2O5/c1-9(2)11(17)19-6-10(16)7-20-12(18)13(3,15-5)8-14-4/h10,14-16H,1,6-8H2,2-5H3. The predicted octanol–water partition coefficient (Wildman–Crippen LogP) is -0.793. The molecule has 0 aromatic carbocycles. The molecule has 0 aromatic heterocycles. The van der Waals surface area contributed by atoms with Crippen LogP contribution in [-0.4, -0.2) is 62.5 Å². The Morgan fingerprint density at radius 3 is 2.30 bits per heavy atom. The number of rotatable bonds is 9. The van der Waals surface area contributed by atoms with Crippen molar-refractivity contribution in [3.8, 4) is 0 Å². The maximum atomic E-state index is 11.9. The second kappa shape index (κ2) is 8.68. The van der Waals surface area contributed by atoms with E-state index in [1.54, 1.807) is 21.0 Å². The van der Waals surface area contributed by atoms with Crippen LogP contribution in [0.25, 0.3) is 0 Å². The van der Waals surface area contributed by atoms with Gasteiger partial charge >= 0.3 is 11.9 Å². The first kappa shape index (κ1) is 18.6. The van der Waals surface area contributed by atoms with Crippen molar-refractivity contribution in [2.45, 2.75) is 25.5 Å². The van der Waals surface area contributed by atoms with Crippen molar-refractivity contribution in [2.75, 3.05) is 33.9 Å². The Morgan fingerprint density at radius 1 is 1.30 bits per heavy atom. The number of aliphatic hydroxyl groups is 1. The van der Waals surface area contributed by atoms with Crippen LogP contribution < -0.4 is 10.6 Å². The van der Waals surface area contributed by atoms with E-state index in [0.717, 1.165) is 0 Å². The van der Waals surface area contributed by atoms with E-state index >= 15 is 0 Å². The molecule has 0 aliphatic carbocycles. The SMILES string of the molecule is C=C(C)C(=O)OCC(O)COC(=O)C(C)(CNC)NC. The molecule has 7 heteroatoms. The molecule has 7 nitrogen and oxygen atoms in total. The third-order valence-electron chi connectivity index (χ3n) is 2.69. The number of carbonyl (C=O) groups excluding carboxylic acids is 2. The van der Waals surface area contributed by atoms with Crippen LogP contribution in [0.3, 0.4) is 0 Å². The maximum absolute atomic E-state index is 11.9. The lowest BCUT2D eigenvalue weighted by Gasteiger charge is -2.27. The molecule has 0 fully saturated rings. The van der Waals surface area contributed by atoms with Crippen molar-refractivity contribution in [3.63, 3.8) is 0 Å². The van der Waals surface area contributed by atoms with Crippen LogP contribution in [0.1, 0.15) is 13.8 Å². The highest BCUT2D eigenvalue weighted by molar-refractivity contribution is 5.86. The molecule has 0 spiro atoms. The van der Waals surface area contributed by atoms with Gasteiger partial charge in [-0.1, -0.05) is 6.58 Å². The van der Waals surface area contributed by atoms with Gasteiger partial charge in [0.05, 0.1) is 0 Å². The largest absolute Gasteiger partial charge is 0.461 e. The smallest absolute Gasteiger partial charge is 0.333 e. The van der Waals surface area contributed by atoms with Gasteiger partial charge in [-0.15, -0.1) is 0 Å². The summed E-state index contributed by atoms with van der Waals surface area (Å²) in [5, 5.41) is 15.3. The highest BCUT2D eigenvalue weighted by Crippen LogP contribution is 2.05. The van der Waals surface area contributed by atoms with Gasteiger partial charge < -0.3 is 25.2 Å². The fourth-order valence-electron chi connectivity index (χ4n) is 1.29. The summed E-state index contributed by atoms with van der Waals surface area (Å²) in [6.07, 6.45) is -1.07. The van der Waals surface area contributed by atoms with Crippen molar-refractivity contribution < 1.29 is 24.2 Å². The van der Waals surface area contributed by atoms with Gasteiger partial charge in [0.1, 0.15) is 24.9 Å². The molecule has 0 aliphatic heterocycles. The maximum Gasteiger partial charge on any atom is 0.333 e. The van der Waals surface area contributed by atoms with E-state index in [9.17, 15) is 14.7 Å². The average molecular weight is 288 g/mol. The van der Waals surface area contributed by atoms with Crippen molar-refractivity contribution in [1.82, 2.24) is 10.6 Å². The highest BCUT2D eigenvalue weighted by atomic mass is 16.6. The normalized spacial score (nSPS) is 15.1. The van der Waals surface area contributed by atoms with Crippen LogP contribution in [0.4, 0.5) is 0 Å². The summed E-state index contributed by atoms with van der Waals surface area (Å²) in [5.41, 5.74) is -0.644. The van der Waals surface area contributed by atoms with Gasteiger partial charge in [0.2, 0.25) is 0 Å². The molecule has 20 heavy (non-hydrogen) atoms. The molecule has 0 amide bonds. The van der Waals surface area contributed by atoms with Crippen LogP contribution >= 0.6 is 0 Å². The number of hydrogen-bond donors (Lipinski definition) is 3. The minimum absolute atomic E-state index is 0.242. The van der Waals surface area contributed by atoms with Crippen molar-refractivity contribution in [3.05, 3.63) is 12.2 Å². The van der Waals surface area contributed by atoms with Crippen molar-refractivity contribution in [1.29, 1.82) is 0 Å². The van der Waals surface area contributed by atoms with Crippen LogP contribution in [0, 0.1) is 0 Å². The van der Waals surface area contributed by atoms with Gasteiger partial charge in [0.15, 0.2) is 0 Å². The van der Waals surface area contributed by atoms with E-state index in [4.69, 9.17) is 9.47 Å². The van der Waals surface area contributed by atoms with Gasteiger partial charge in [-0.05, 0) is 27.9 Å². The number of nitrogens with one attached hydrogen (secondary N) is 2. The van der Waals surface area contributed by atoms with E-state index in [1.807, 2.05) is 0 Å². The number of esters is 2. The summed E-state index contributed by atoms with van der Waals surface area (Å²) < 4.78 is 9.75. The molecule has 116 valence electrons. The zero-order chi connectivity index (χ0) is 15.8. The van der Waals surface area contributed by atoms with E-state index in [-0.39, 0.29) is 18.8 Å². The van der Waals surface area contributed by atoms with Crippen LogP contribution in [0.15, 0.2) is 12.2 Å². The van der Waals surface area contributed by atoms with Gasteiger partial charge in [-0.25, -0.2) is 4.79 Å². The average Bonchev–Trinajstić information content (AvgIpc) is 2.41. The quantitative estimate of drug-likeness (QED) is 0.378.